The number of imidazole rings is 1. The van der Waals surface area contributed by atoms with E-state index in [4.69, 9.17) is 27.9 Å². The zero-order valence-corrected chi connectivity index (χ0v) is 13.0. The van der Waals surface area contributed by atoms with Gasteiger partial charge in [0, 0.05) is 5.02 Å². The predicted molar refractivity (Wildman–Crippen MR) is 87.2 cm³/mol. The second-order valence-corrected chi connectivity index (χ2v) is 5.40. The maximum atomic E-state index is 11.5. The van der Waals surface area contributed by atoms with E-state index in [9.17, 15) is 4.79 Å². The molecule has 0 spiro atoms. The number of aromatic amines is 1. The molecule has 0 fully saturated rings. The van der Waals surface area contributed by atoms with Gasteiger partial charge in [0.05, 0.1) is 34.4 Å². The first kappa shape index (κ1) is 14.7. The molecule has 0 radical (unpaired) electrons. The summed E-state index contributed by atoms with van der Waals surface area (Å²) in [5.41, 5.74) is 2.57. The molecule has 0 aliphatic heterocycles. The molecule has 0 saturated heterocycles. The Morgan fingerprint density at radius 1 is 1.23 bits per heavy atom. The Hall–Kier alpha value is -2.24. The van der Waals surface area contributed by atoms with E-state index in [1.54, 1.807) is 36.4 Å². The predicted octanol–water partition coefficient (Wildman–Crippen LogP) is 4.40. The third-order valence-electron chi connectivity index (χ3n) is 3.09. The summed E-state index contributed by atoms with van der Waals surface area (Å²) in [5.74, 6) is 0.119. The van der Waals surface area contributed by atoms with Gasteiger partial charge in [0.2, 0.25) is 5.95 Å². The molecule has 3 rings (SSSR count). The largest absolute Gasteiger partial charge is 0.465 e. The van der Waals surface area contributed by atoms with Crippen molar-refractivity contribution >= 4 is 51.8 Å². The molecule has 2 N–H and O–H groups in total. The number of rotatable bonds is 3. The molecule has 2 aromatic carbocycles. The van der Waals surface area contributed by atoms with Crippen LogP contribution in [0.25, 0.3) is 11.0 Å². The maximum absolute atomic E-state index is 11.5. The number of nitrogens with zero attached hydrogens (tertiary/aromatic N) is 1. The molecule has 0 saturated carbocycles. The Labute approximate surface area is 136 Å². The molecule has 7 heteroatoms. The van der Waals surface area contributed by atoms with E-state index in [2.05, 4.69) is 15.3 Å². The van der Waals surface area contributed by atoms with Crippen molar-refractivity contribution in [1.29, 1.82) is 0 Å². The highest BCUT2D eigenvalue weighted by Crippen LogP contribution is 2.28. The number of H-pyrrole nitrogens is 1. The summed E-state index contributed by atoms with van der Waals surface area (Å²) in [5, 5.41) is 4.13. The zero-order chi connectivity index (χ0) is 15.7. The molecule has 5 nitrogen and oxygen atoms in total. The third-order valence-corrected chi connectivity index (χ3v) is 3.63. The molecule has 0 bridgehead atoms. The van der Waals surface area contributed by atoms with Gasteiger partial charge in [-0.1, -0.05) is 23.2 Å². The molecule has 0 atom stereocenters. The SMILES string of the molecule is COC(=O)c1ccc2nc(Nc3ccc(Cl)cc3Cl)[nH]c2c1. The van der Waals surface area contributed by atoms with Crippen molar-refractivity contribution in [3.8, 4) is 0 Å². The maximum Gasteiger partial charge on any atom is 0.337 e. The van der Waals surface area contributed by atoms with Gasteiger partial charge in [-0.2, -0.15) is 0 Å². The second-order valence-electron chi connectivity index (χ2n) is 4.56. The van der Waals surface area contributed by atoms with Gasteiger partial charge in [-0.25, -0.2) is 9.78 Å². The molecule has 1 heterocycles. The first-order valence-corrected chi connectivity index (χ1v) is 7.12. The minimum absolute atomic E-state index is 0.397. The number of carbonyl (C=O) groups excluding carboxylic acids is 1. The van der Waals surface area contributed by atoms with Crippen LogP contribution in [0.15, 0.2) is 36.4 Å². The molecule has 22 heavy (non-hydrogen) atoms. The summed E-state index contributed by atoms with van der Waals surface area (Å²) in [7, 11) is 1.34. The van der Waals surface area contributed by atoms with E-state index >= 15 is 0 Å². The van der Waals surface area contributed by atoms with Crippen LogP contribution in [0.4, 0.5) is 11.6 Å². The fourth-order valence-corrected chi connectivity index (χ4v) is 2.49. The number of hydrogen-bond donors (Lipinski definition) is 2. The highest BCUT2D eigenvalue weighted by molar-refractivity contribution is 6.36. The van der Waals surface area contributed by atoms with Crippen LogP contribution in [0.3, 0.4) is 0 Å². The van der Waals surface area contributed by atoms with Gasteiger partial charge in [0.15, 0.2) is 0 Å². The monoisotopic (exact) mass is 335 g/mol. The number of benzene rings is 2. The van der Waals surface area contributed by atoms with Crippen molar-refractivity contribution in [2.75, 3.05) is 12.4 Å². The average Bonchev–Trinajstić information content (AvgIpc) is 2.90. The standard InChI is InChI=1S/C15H11Cl2N3O2/c1-22-14(21)8-2-4-12-13(6-8)20-15(19-12)18-11-5-3-9(16)7-10(11)17/h2-7H,1H3,(H2,18,19,20). The van der Waals surface area contributed by atoms with Gasteiger partial charge in [-0.05, 0) is 36.4 Å². The quantitative estimate of drug-likeness (QED) is 0.696. The number of carbonyl (C=O) groups is 1. The highest BCUT2D eigenvalue weighted by atomic mass is 35.5. The molecule has 0 amide bonds. The Bertz CT molecular complexity index is 861. The Balaban J connectivity index is 1.93. The Morgan fingerprint density at radius 3 is 2.77 bits per heavy atom. The van der Waals surface area contributed by atoms with Crippen LogP contribution in [0, 0.1) is 0 Å². The van der Waals surface area contributed by atoms with Crippen molar-refractivity contribution < 1.29 is 9.53 Å². The van der Waals surface area contributed by atoms with Crippen molar-refractivity contribution in [2.24, 2.45) is 0 Å². The minimum Gasteiger partial charge on any atom is -0.465 e. The third kappa shape index (κ3) is 2.86. The molecule has 3 aromatic rings. The van der Waals surface area contributed by atoms with Crippen molar-refractivity contribution in [1.82, 2.24) is 9.97 Å². The summed E-state index contributed by atoms with van der Waals surface area (Å²) in [6.07, 6.45) is 0. The van der Waals surface area contributed by atoms with E-state index < -0.39 is 5.97 Å². The fraction of sp³-hybridized carbons (Fsp3) is 0.0667. The minimum atomic E-state index is -0.397. The van der Waals surface area contributed by atoms with Gasteiger partial charge >= 0.3 is 5.97 Å². The number of esters is 1. The summed E-state index contributed by atoms with van der Waals surface area (Å²) in [4.78, 5) is 19.0. The molecule has 0 aliphatic carbocycles. The lowest BCUT2D eigenvalue weighted by molar-refractivity contribution is 0.0601. The van der Waals surface area contributed by atoms with Crippen LogP contribution in [0.2, 0.25) is 10.0 Å². The van der Waals surface area contributed by atoms with Crippen LogP contribution >= 0.6 is 23.2 Å². The number of anilines is 2. The Morgan fingerprint density at radius 2 is 2.05 bits per heavy atom. The van der Waals surface area contributed by atoms with E-state index in [0.717, 1.165) is 11.0 Å². The first-order valence-electron chi connectivity index (χ1n) is 6.37. The van der Waals surface area contributed by atoms with Crippen LogP contribution in [-0.4, -0.2) is 23.0 Å². The summed E-state index contributed by atoms with van der Waals surface area (Å²) < 4.78 is 4.70. The molecular formula is C15H11Cl2N3O2. The topological polar surface area (TPSA) is 67.0 Å². The lowest BCUT2D eigenvalue weighted by Crippen LogP contribution is -2.00. The van der Waals surface area contributed by atoms with Gasteiger partial charge in [-0.3, -0.25) is 0 Å². The van der Waals surface area contributed by atoms with Crippen molar-refractivity contribution in [3.63, 3.8) is 0 Å². The highest BCUT2D eigenvalue weighted by Gasteiger charge is 2.10. The van der Waals surface area contributed by atoms with Crippen LogP contribution in [0.5, 0.6) is 0 Å². The van der Waals surface area contributed by atoms with E-state index in [1.807, 2.05) is 0 Å². The van der Waals surface area contributed by atoms with E-state index in [1.165, 1.54) is 7.11 Å². The number of hydrogen-bond acceptors (Lipinski definition) is 4. The number of methoxy groups -OCH3 is 1. The van der Waals surface area contributed by atoms with Crippen molar-refractivity contribution in [3.05, 3.63) is 52.0 Å². The van der Waals surface area contributed by atoms with E-state index in [-0.39, 0.29) is 0 Å². The van der Waals surface area contributed by atoms with Crippen LogP contribution in [-0.2, 0) is 4.74 Å². The van der Waals surface area contributed by atoms with Gasteiger partial charge in [-0.15, -0.1) is 0 Å². The smallest absolute Gasteiger partial charge is 0.337 e. The number of ether oxygens (including phenoxy) is 1. The molecule has 1 aromatic heterocycles. The lowest BCUT2D eigenvalue weighted by atomic mass is 10.2. The molecule has 112 valence electrons. The van der Waals surface area contributed by atoms with Crippen LogP contribution < -0.4 is 5.32 Å². The summed E-state index contributed by atoms with van der Waals surface area (Å²) in [6.45, 7) is 0. The first-order chi connectivity index (χ1) is 10.6. The molecular weight excluding hydrogens is 325 g/mol. The summed E-state index contributed by atoms with van der Waals surface area (Å²) in [6, 6.07) is 10.2. The number of halogens is 2. The number of nitrogens with one attached hydrogen (secondary N) is 2. The second kappa shape index (κ2) is 5.87. The normalized spacial score (nSPS) is 10.7. The molecule has 0 aliphatic rings. The van der Waals surface area contributed by atoms with Gasteiger partial charge < -0.3 is 15.0 Å². The van der Waals surface area contributed by atoms with Gasteiger partial charge in [0.25, 0.3) is 0 Å². The fourth-order valence-electron chi connectivity index (χ4n) is 2.03. The number of fused-ring (bicyclic) bond motifs is 1. The zero-order valence-electron chi connectivity index (χ0n) is 11.5. The number of aromatic nitrogens is 2. The average molecular weight is 336 g/mol. The van der Waals surface area contributed by atoms with Crippen molar-refractivity contribution in [2.45, 2.75) is 0 Å². The van der Waals surface area contributed by atoms with E-state index in [0.29, 0.717) is 27.2 Å². The molecule has 0 unspecified atom stereocenters. The van der Waals surface area contributed by atoms with Gasteiger partial charge in [0.1, 0.15) is 0 Å². The lowest BCUT2D eigenvalue weighted by Gasteiger charge is -2.05. The summed E-state index contributed by atoms with van der Waals surface area (Å²) >= 11 is 12.0. The Kier molecular flexibility index (Phi) is 3.92. The van der Waals surface area contributed by atoms with Crippen LogP contribution in [0.1, 0.15) is 10.4 Å².